The maximum Gasteiger partial charge on any atom is 0.256 e. The molecule has 1 aromatic carbocycles. The van der Waals surface area contributed by atoms with Gasteiger partial charge in [-0.2, -0.15) is 0 Å². The summed E-state index contributed by atoms with van der Waals surface area (Å²) in [7, 11) is 0. The van der Waals surface area contributed by atoms with Gasteiger partial charge in [0.1, 0.15) is 0 Å². The first kappa shape index (κ1) is 21.7. The molecule has 4 heterocycles. The van der Waals surface area contributed by atoms with Crippen molar-refractivity contribution in [1.29, 1.82) is 0 Å². The van der Waals surface area contributed by atoms with E-state index in [0.717, 1.165) is 68.3 Å². The van der Waals surface area contributed by atoms with Crippen molar-refractivity contribution < 1.29 is 14.3 Å². The summed E-state index contributed by atoms with van der Waals surface area (Å²) < 4.78 is 5.41. The monoisotopic (exact) mass is 442 g/mol. The van der Waals surface area contributed by atoms with Crippen LogP contribution in [0.15, 0.2) is 41.0 Å². The predicted octanol–water partition coefficient (Wildman–Crippen LogP) is 2.48. The number of anilines is 1. The summed E-state index contributed by atoms with van der Waals surface area (Å²) in [5.74, 6) is 0.357. The van der Waals surface area contributed by atoms with Gasteiger partial charge in [0.05, 0.1) is 24.5 Å². The zero-order chi connectivity index (χ0) is 20.5. The Morgan fingerprint density at radius 1 is 1.19 bits per heavy atom. The Labute approximate surface area is 188 Å². The average molecular weight is 443 g/mol. The van der Waals surface area contributed by atoms with Crippen LogP contribution in [0.1, 0.15) is 24.0 Å². The van der Waals surface area contributed by atoms with Gasteiger partial charge in [-0.25, -0.2) is 0 Å². The van der Waals surface area contributed by atoms with Crippen molar-refractivity contribution >= 4 is 41.7 Å². The van der Waals surface area contributed by atoms with Crippen molar-refractivity contribution in [2.24, 2.45) is 10.9 Å². The zero-order valence-electron chi connectivity index (χ0n) is 17.4. The molecule has 0 spiro atoms. The molecule has 8 heteroatoms. The predicted molar refractivity (Wildman–Crippen MR) is 122 cm³/mol. The summed E-state index contributed by atoms with van der Waals surface area (Å²) in [6.45, 7) is 5.80. The first-order valence-electron chi connectivity index (χ1n) is 10.7. The van der Waals surface area contributed by atoms with Gasteiger partial charge in [0.15, 0.2) is 0 Å². The summed E-state index contributed by atoms with van der Waals surface area (Å²) in [5, 5.41) is 2.94. The number of likely N-dealkylation sites (tertiary alicyclic amines) is 1. The lowest BCUT2D eigenvalue weighted by Crippen LogP contribution is -2.39. The summed E-state index contributed by atoms with van der Waals surface area (Å²) in [6, 6.07) is 5.94. The van der Waals surface area contributed by atoms with E-state index in [9.17, 15) is 9.59 Å². The molecule has 2 fully saturated rings. The molecule has 5 rings (SSSR count). The topological polar surface area (TPSA) is 74.2 Å². The van der Waals surface area contributed by atoms with Gasteiger partial charge in [0.2, 0.25) is 5.91 Å². The highest BCUT2D eigenvalue weighted by Crippen LogP contribution is 2.34. The third-order valence-electron chi connectivity index (χ3n) is 6.08. The number of nitrogens with zero attached hydrogens (tertiary/aromatic N) is 3. The molecule has 0 aromatic heterocycles. The number of halogens is 1. The maximum absolute atomic E-state index is 12.6. The van der Waals surface area contributed by atoms with Crippen LogP contribution in [0.4, 0.5) is 5.69 Å². The van der Waals surface area contributed by atoms with Crippen molar-refractivity contribution in [3.8, 4) is 0 Å². The fraction of sp³-hybridized carbons (Fsp3) is 0.435. The normalized spacial score (nSPS) is 24.4. The number of hydrogen-bond donors (Lipinski definition) is 1. The molecule has 7 nitrogen and oxygen atoms in total. The van der Waals surface area contributed by atoms with Crippen LogP contribution in [-0.4, -0.2) is 67.2 Å². The van der Waals surface area contributed by atoms with Crippen molar-refractivity contribution in [2.45, 2.75) is 19.4 Å². The van der Waals surface area contributed by atoms with Crippen molar-refractivity contribution in [3.05, 3.63) is 47.2 Å². The fourth-order valence-electron chi connectivity index (χ4n) is 4.47. The standard InChI is InChI=1S/C23H26N4O3.ClH/c28-22-2-1-5-27(22)15-16-3-4-21-19(11-16)20(23(29)25-21)12-18-10-17(13-24-18)14-26-6-8-30-9-7-26;/h3-4,10-13,17H,1-2,5-9,14-15H2,(H,25,29);1H. The highest BCUT2D eigenvalue weighted by Gasteiger charge is 2.27. The molecule has 2 amide bonds. The number of ether oxygens (including phenoxy) is 1. The van der Waals surface area contributed by atoms with E-state index in [0.29, 0.717) is 18.5 Å². The van der Waals surface area contributed by atoms with Crippen LogP contribution in [0.2, 0.25) is 0 Å². The molecular weight excluding hydrogens is 416 g/mol. The minimum atomic E-state index is -0.105. The average Bonchev–Trinajstić information content (AvgIpc) is 3.44. The van der Waals surface area contributed by atoms with Gasteiger partial charge in [0, 0.05) is 62.5 Å². The number of fused-ring (bicyclic) bond motifs is 1. The molecule has 1 atom stereocenters. The SMILES string of the molecule is Cl.O=C1Nc2ccc(CN3CCCC3=O)cc2C1=CC1=CC(CN2CCOCC2)C=N1. The summed E-state index contributed by atoms with van der Waals surface area (Å²) in [4.78, 5) is 33.3. The second kappa shape index (κ2) is 9.34. The molecule has 2 saturated heterocycles. The van der Waals surface area contributed by atoms with E-state index < -0.39 is 0 Å². The minimum absolute atomic E-state index is 0. The van der Waals surface area contributed by atoms with Crippen molar-refractivity contribution in [3.63, 3.8) is 0 Å². The van der Waals surface area contributed by atoms with E-state index in [2.05, 4.69) is 21.3 Å². The number of allylic oxidation sites excluding steroid dienone is 1. The number of hydrogen-bond acceptors (Lipinski definition) is 5. The molecule has 0 saturated carbocycles. The molecule has 1 unspecified atom stereocenters. The Bertz CT molecular complexity index is 966. The summed E-state index contributed by atoms with van der Waals surface area (Å²) in [5.41, 5.74) is 4.20. The Morgan fingerprint density at radius 3 is 2.81 bits per heavy atom. The van der Waals surface area contributed by atoms with E-state index in [-0.39, 0.29) is 30.1 Å². The Hall–Kier alpha value is -2.48. The van der Waals surface area contributed by atoms with Crippen molar-refractivity contribution in [1.82, 2.24) is 9.80 Å². The Kier molecular flexibility index (Phi) is 6.55. The number of rotatable bonds is 5. The number of carbonyl (C=O) groups excluding carboxylic acids is 2. The van der Waals surface area contributed by atoms with Crippen LogP contribution in [-0.2, 0) is 20.9 Å². The molecule has 1 aromatic rings. The quantitative estimate of drug-likeness (QED) is 0.711. The van der Waals surface area contributed by atoms with Crippen LogP contribution in [0.5, 0.6) is 0 Å². The fourth-order valence-corrected chi connectivity index (χ4v) is 4.47. The Morgan fingerprint density at radius 2 is 2.03 bits per heavy atom. The van der Waals surface area contributed by atoms with Crippen LogP contribution < -0.4 is 5.32 Å². The second-order valence-corrected chi connectivity index (χ2v) is 8.26. The van der Waals surface area contributed by atoms with Crippen LogP contribution in [0.3, 0.4) is 0 Å². The minimum Gasteiger partial charge on any atom is -0.379 e. The first-order valence-corrected chi connectivity index (χ1v) is 10.7. The van der Waals surface area contributed by atoms with E-state index in [4.69, 9.17) is 4.74 Å². The highest BCUT2D eigenvalue weighted by molar-refractivity contribution is 6.32. The summed E-state index contributed by atoms with van der Waals surface area (Å²) in [6.07, 6.45) is 7.52. The molecule has 164 valence electrons. The molecule has 4 aliphatic rings. The largest absolute Gasteiger partial charge is 0.379 e. The highest BCUT2D eigenvalue weighted by atomic mass is 35.5. The van der Waals surface area contributed by atoms with Crippen molar-refractivity contribution in [2.75, 3.05) is 44.7 Å². The lowest BCUT2D eigenvalue weighted by molar-refractivity contribution is -0.128. The molecule has 4 aliphatic heterocycles. The molecule has 0 aliphatic carbocycles. The second-order valence-electron chi connectivity index (χ2n) is 8.26. The maximum atomic E-state index is 12.6. The van der Waals surface area contributed by atoms with Gasteiger partial charge < -0.3 is 15.0 Å². The molecular formula is C23H27ClN4O3. The molecule has 1 N–H and O–H groups in total. The zero-order valence-corrected chi connectivity index (χ0v) is 18.2. The number of amides is 2. The van der Waals surface area contributed by atoms with Gasteiger partial charge in [0.25, 0.3) is 5.91 Å². The van der Waals surface area contributed by atoms with Gasteiger partial charge in [-0.05, 0) is 36.3 Å². The molecule has 31 heavy (non-hydrogen) atoms. The van der Waals surface area contributed by atoms with E-state index in [1.807, 2.05) is 35.4 Å². The molecule has 0 bridgehead atoms. The lowest BCUT2D eigenvalue weighted by Gasteiger charge is -2.27. The van der Waals surface area contributed by atoms with Gasteiger partial charge >= 0.3 is 0 Å². The van der Waals surface area contributed by atoms with Crippen LogP contribution >= 0.6 is 12.4 Å². The number of carbonyl (C=O) groups is 2. The van der Waals surface area contributed by atoms with Gasteiger partial charge in [-0.3, -0.25) is 19.5 Å². The van der Waals surface area contributed by atoms with E-state index in [1.165, 1.54) is 0 Å². The van der Waals surface area contributed by atoms with Gasteiger partial charge in [-0.15, -0.1) is 12.4 Å². The van der Waals surface area contributed by atoms with Crippen LogP contribution in [0, 0.1) is 5.92 Å². The number of morpholine rings is 1. The smallest absolute Gasteiger partial charge is 0.256 e. The van der Waals surface area contributed by atoms with Gasteiger partial charge in [-0.1, -0.05) is 6.07 Å². The third kappa shape index (κ3) is 4.74. The number of benzene rings is 1. The molecule has 0 radical (unpaired) electrons. The van der Waals surface area contributed by atoms with E-state index in [1.54, 1.807) is 0 Å². The number of aliphatic imine (C=N–C) groups is 1. The third-order valence-corrected chi connectivity index (χ3v) is 6.08. The Balaban J connectivity index is 0.00000231. The summed E-state index contributed by atoms with van der Waals surface area (Å²) >= 11 is 0. The first-order chi connectivity index (χ1) is 14.7. The van der Waals surface area contributed by atoms with Crippen LogP contribution in [0.25, 0.3) is 5.57 Å². The number of nitrogens with one attached hydrogen (secondary N) is 1. The van der Waals surface area contributed by atoms with E-state index >= 15 is 0 Å². The lowest BCUT2D eigenvalue weighted by atomic mass is 10.0.